The summed E-state index contributed by atoms with van der Waals surface area (Å²) < 4.78 is 44.6. The van der Waals surface area contributed by atoms with E-state index in [1.165, 1.54) is 31.6 Å². The molecule has 0 radical (unpaired) electrons. The number of ether oxygens (including phenoxy) is 1. The molecule has 2 aromatic carbocycles. The first kappa shape index (κ1) is 29.5. The van der Waals surface area contributed by atoms with E-state index in [0.29, 0.717) is 41.0 Å². The zero-order valence-electron chi connectivity index (χ0n) is 21.9. The number of rotatable bonds is 11. The minimum Gasteiger partial charge on any atom is -0.494 e. The largest absolute Gasteiger partial charge is 0.494 e. The maximum Gasteiger partial charge on any atom is 0.417 e. The van der Waals surface area contributed by atoms with Crippen molar-refractivity contribution in [2.45, 2.75) is 6.18 Å². The maximum atomic E-state index is 13.0. The van der Waals surface area contributed by atoms with Gasteiger partial charge in [-0.2, -0.15) is 13.2 Å². The van der Waals surface area contributed by atoms with Gasteiger partial charge in [-0.25, -0.2) is 9.97 Å². The molecular weight excluding hydrogens is 535 g/mol. The van der Waals surface area contributed by atoms with Crippen molar-refractivity contribution in [1.82, 2.24) is 14.9 Å². The first-order valence-corrected chi connectivity index (χ1v) is 12.0. The Morgan fingerprint density at radius 1 is 1.05 bits per heavy atom. The molecule has 0 aliphatic heterocycles. The molecule has 0 saturated carbocycles. The van der Waals surface area contributed by atoms with E-state index in [4.69, 9.17) is 16.3 Å². The highest BCUT2D eigenvalue weighted by Gasteiger charge is 2.33. The molecule has 0 aliphatic rings. The molecule has 208 valence electrons. The zero-order chi connectivity index (χ0) is 28.7. The summed E-state index contributed by atoms with van der Waals surface area (Å²) in [6.07, 6.45) is -2.09. The van der Waals surface area contributed by atoms with Crippen LogP contribution in [0.5, 0.6) is 5.75 Å². The van der Waals surface area contributed by atoms with Gasteiger partial charge >= 0.3 is 6.18 Å². The van der Waals surface area contributed by atoms with Crippen molar-refractivity contribution >= 4 is 51.9 Å². The van der Waals surface area contributed by atoms with Crippen LogP contribution in [0.1, 0.15) is 5.56 Å². The van der Waals surface area contributed by atoms with Gasteiger partial charge in [0.15, 0.2) is 0 Å². The molecule has 3 aromatic rings. The number of carbonyl (C=O) groups is 1. The van der Waals surface area contributed by atoms with Crippen molar-refractivity contribution in [3.05, 3.63) is 66.0 Å². The Morgan fingerprint density at radius 3 is 2.33 bits per heavy atom. The zero-order valence-corrected chi connectivity index (χ0v) is 22.6. The van der Waals surface area contributed by atoms with Gasteiger partial charge in [-0.15, -0.1) is 0 Å². The van der Waals surface area contributed by atoms with E-state index >= 15 is 0 Å². The Balaban J connectivity index is 1.90. The van der Waals surface area contributed by atoms with E-state index in [-0.39, 0.29) is 5.91 Å². The smallest absolute Gasteiger partial charge is 0.417 e. The van der Waals surface area contributed by atoms with Crippen molar-refractivity contribution in [2.24, 2.45) is 0 Å². The number of aromatic nitrogens is 2. The standard InChI is InChI=1S/C26H29ClF3N7O2/c1-6-25(38)35-19-12-20(22(39-5)13-21(19)37(4)10-9-36(2)3)34-24-14-23(31-15-32-24)33-16-7-8-17(18(27)11-16)26(28,29)30/h6-8,11-15H,1,9-10H2,2-5H3,(H,35,38)(H2,31,32,33,34). The first-order chi connectivity index (χ1) is 18.4. The van der Waals surface area contributed by atoms with Crippen molar-refractivity contribution in [2.75, 3.05) is 62.2 Å². The van der Waals surface area contributed by atoms with Gasteiger partial charge in [0.1, 0.15) is 23.7 Å². The number of nitrogens with zero attached hydrogens (tertiary/aromatic N) is 4. The summed E-state index contributed by atoms with van der Waals surface area (Å²) in [5.74, 6) is 0.777. The number of halogens is 4. The summed E-state index contributed by atoms with van der Waals surface area (Å²) in [5, 5.41) is 8.45. The predicted molar refractivity (Wildman–Crippen MR) is 149 cm³/mol. The lowest BCUT2D eigenvalue weighted by molar-refractivity contribution is -0.137. The number of likely N-dealkylation sites (N-methyl/N-ethyl adjacent to an activating group) is 2. The summed E-state index contributed by atoms with van der Waals surface area (Å²) in [6.45, 7) is 5.00. The summed E-state index contributed by atoms with van der Waals surface area (Å²) >= 11 is 5.82. The van der Waals surface area contributed by atoms with Crippen LogP contribution in [-0.2, 0) is 11.0 Å². The number of benzene rings is 2. The summed E-state index contributed by atoms with van der Waals surface area (Å²) in [4.78, 5) is 24.5. The molecule has 13 heteroatoms. The van der Waals surface area contributed by atoms with Gasteiger partial charge < -0.3 is 30.5 Å². The molecule has 3 rings (SSSR count). The van der Waals surface area contributed by atoms with Gasteiger partial charge in [-0.1, -0.05) is 18.2 Å². The molecule has 3 N–H and O–H groups in total. The lowest BCUT2D eigenvalue weighted by Gasteiger charge is -2.26. The number of alkyl halides is 3. The van der Waals surface area contributed by atoms with Crippen LogP contribution in [0.2, 0.25) is 5.02 Å². The third-order valence-corrected chi connectivity index (χ3v) is 5.84. The Morgan fingerprint density at radius 2 is 1.74 bits per heavy atom. The topological polar surface area (TPSA) is 94.7 Å². The Hall–Kier alpha value is -4.03. The molecule has 0 unspecified atom stereocenters. The molecule has 0 atom stereocenters. The molecule has 0 saturated heterocycles. The fraction of sp³-hybridized carbons (Fsp3) is 0.269. The molecule has 0 spiro atoms. The van der Waals surface area contributed by atoms with E-state index in [1.54, 1.807) is 18.2 Å². The number of amides is 1. The van der Waals surface area contributed by atoms with Crippen LogP contribution in [0.4, 0.5) is 47.6 Å². The minimum atomic E-state index is -4.55. The van der Waals surface area contributed by atoms with Gasteiger partial charge in [0.2, 0.25) is 5.91 Å². The van der Waals surface area contributed by atoms with Crippen LogP contribution in [0.25, 0.3) is 0 Å². The quantitative estimate of drug-likeness (QED) is 0.253. The Labute approximate surface area is 229 Å². The van der Waals surface area contributed by atoms with Gasteiger partial charge in [0.25, 0.3) is 0 Å². The summed E-state index contributed by atoms with van der Waals surface area (Å²) in [6, 6.07) is 8.39. The average molecular weight is 564 g/mol. The fourth-order valence-corrected chi connectivity index (χ4v) is 3.80. The van der Waals surface area contributed by atoms with Crippen molar-refractivity contribution in [3.8, 4) is 5.75 Å². The molecule has 1 amide bonds. The SMILES string of the molecule is C=CC(=O)Nc1cc(Nc2cc(Nc3ccc(C(F)(F)F)c(Cl)c3)ncn2)c(OC)cc1N(C)CCN(C)C. The van der Waals surface area contributed by atoms with E-state index < -0.39 is 16.8 Å². The highest BCUT2D eigenvalue weighted by atomic mass is 35.5. The van der Waals surface area contributed by atoms with E-state index in [0.717, 1.165) is 18.3 Å². The molecular formula is C26H29ClF3N7O2. The third-order valence-electron chi connectivity index (χ3n) is 5.53. The normalized spacial score (nSPS) is 11.2. The molecule has 9 nitrogen and oxygen atoms in total. The predicted octanol–water partition coefficient (Wildman–Crippen LogP) is 5.77. The second kappa shape index (κ2) is 12.7. The number of hydrogen-bond donors (Lipinski definition) is 3. The van der Waals surface area contributed by atoms with E-state index in [9.17, 15) is 18.0 Å². The molecule has 0 aliphatic carbocycles. The Kier molecular flexibility index (Phi) is 9.60. The van der Waals surface area contributed by atoms with E-state index in [2.05, 4.69) is 32.5 Å². The summed E-state index contributed by atoms with van der Waals surface area (Å²) in [7, 11) is 7.37. The van der Waals surface area contributed by atoms with Crippen LogP contribution >= 0.6 is 11.6 Å². The van der Waals surface area contributed by atoms with Gasteiger partial charge in [-0.05, 0) is 44.4 Å². The monoisotopic (exact) mass is 563 g/mol. The average Bonchev–Trinajstić information content (AvgIpc) is 2.86. The minimum absolute atomic E-state index is 0.308. The number of methoxy groups -OCH3 is 1. The number of anilines is 6. The molecule has 0 bridgehead atoms. The molecule has 39 heavy (non-hydrogen) atoms. The number of hydrogen-bond acceptors (Lipinski definition) is 8. The van der Waals surface area contributed by atoms with Crippen molar-refractivity contribution in [3.63, 3.8) is 0 Å². The molecule has 0 fully saturated rings. The van der Waals surface area contributed by atoms with Crippen LogP contribution in [0.15, 0.2) is 55.4 Å². The Bertz CT molecular complexity index is 1340. The van der Waals surface area contributed by atoms with Crippen LogP contribution in [0.3, 0.4) is 0 Å². The van der Waals surface area contributed by atoms with Crippen molar-refractivity contribution in [1.29, 1.82) is 0 Å². The van der Waals surface area contributed by atoms with Crippen LogP contribution in [-0.4, -0.2) is 62.1 Å². The van der Waals surface area contributed by atoms with E-state index in [1.807, 2.05) is 30.9 Å². The fourth-order valence-electron chi connectivity index (χ4n) is 3.51. The third kappa shape index (κ3) is 7.98. The van der Waals surface area contributed by atoms with Crippen molar-refractivity contribution < 1.29 is 22.7 Å². The molecule has 1 heterocycles. The van der Waals surface area contributed by atoms with Gasteiger partial charge in [0.05, 0.1) is 34.8 Å². The van der Waals surface area contributed by atoms with Crippen LogP contribution < -0.4 is 25.6 Å². The highest BCUT2D eigenvalue weighted by molar-refractivity contribution is 6.31. The lowest BCUT2D eigenvalue weighted by atomic mass is 10.2. The number of carbonyl (C=O) groups excluding carboxylic acids is 1. The van der Waals surface area contributed by atoms with Crippen LogP contribution in [0, 0.1) is 0 Å². The number of nitrogens with one attached hydrogen (secondary N) is 3. The second-order valence-electron chi connectivity index (χ2n) is 8.72. The summed E-state index contributed by atoms with van der Waals surface area (Å²) in [5.41, 5.74) is 1.15. The maximum absolute atomic E-state index is 13.0. The van der Waals surface area contributed by atoms with Gasteiger partial charge in [-0.3, -0.25) is 4.79 Å². The first-order valence-electron chi connectivity index (χ1n) is 11.7. The van der Waals surface area contributed by atoms with Gasteiger partial charge in [0, 0.05) is 38.0 Å². The second-order valence-corrected chi connectivity index (χ2v) is 9.13. The lowest BCUT2D eigenvalue weighted by Crippen LogP contribution is -2.29. The highest BCUT2D eigenvalue weighted by Crippen LogP contribution is 2.39. The molecule has 1 aromatic heterocycles.